The number of anilines is 1. The maximum absolute atomic E-state index is 11.7. The molecule has 126 valence electrons. The number of aliphatic imine (C=N–C) groups is 2. The summed E-state index contributed by atoms with van der Waals surface area (Å²) in [5.41, 5.74) is 10.4. The van der Waals surface area contributed by atoms with Gasteiger partial charge in [-0.25, -0.2) is 9.98 Å². The van der Waals surface area contributed by atoms with Crippen LogP contribution in [-0.4, -0.2) is 29.4 Å². The van der Waals surface area contributed by atoms with E-state index in [1.54, 1.807) is 13.2 Å². The Bertz CT molecular complexity index is 903. The minimum Gasteiger partial charge on any atom is -0.457 e. The lowest BCUT2D eigenvalue weighted by molar-refractivity contribution is 0.603. The van der Waals surface area contributed by atoms with E-state index < -0.39 is 10.4 Å². The van der Waals surface area contributed by atoms with E-state index in [2.05, 4.69) is 20.8 Å². The zero-order valence-electron chi connectivity index (χ0n) is 14.3. The van der Waals surface area contributed by atoms with Crippen molar-refractivity contribution in [3.8, 4) is 11.1 Å². The summed E-state index contributed by atoms with van der Waals surface area (Å²) in [7, 11) is 0.409. The number of hydrogen-bond donors (Lipinski definition) is 1. The fraction of sp³-hybridized carbons (Fsp3) is 0.222. The highest BCUT2D eigenvalue weighted by molar-refractivity contribution is 7.82. The maximum atomic E-state index is 11.7. The Morgan fingerprint density at radius 3 is 2.62 bits per heavy atom. The number of benzene rings is 1. The van der Waals surface area contributed by atoms with Crippen LogP contribution in [0.25, 0.3) is 11.1 Å². The van der Waals surface area contributed by atoms with Gasteiger partial charge in [-0.05, 0) is 38.0 Å². The van der Waals surface area contributed by atoms with E-state index in [1.165, 1.54) is 0 Å². The summed E-state index contributed by atoms with van der Waals surface area (Å²) in [6.45, 7) is 5.70. The molecule has 5 nitrogen and oxygen atoms in total. The van der Waals surface area contributed by atoms with Crippen LogP contribution in [0.4, 0.5) is 5.82 Å². The SMILES string of the molecule is C=[S-](=O)c1ccc(C)c(-c2cnc(N)c(C(C)=NC(C)=NC)c2)c1. The first kappa shape index (κ1) is 17.9. The van der Waals surface area contributed by atoms with Crippen molar-refractivity contribution in [1.82, 2.24) is 4.98 Å². The predicted molar refractivity (Wildman–Crippen MR) is 104 cm³/mol. The van der Waals surface area contributed by atoms with Crippen molar-refractivity contribution in [3.63, 3.8) is 0 Å². The number of nitrogen functional groups attached to an aromatic ring is 1. The van der Waals surface area contributed by atoms with Crippen LogP contribution < -0.4 is 5.73 Å². The Morgan fingerprint density at radius 2 is 2.00 bits per heavy atom. The number of nitrogens with zero attached hydrogens (tertiary/aromatic N) is 3. The lowest BCUT2D eigenvalue weighted by atomic mass is 9.99. The van der Waals surface area contributed by atoms with Gasteiger partial charge in [0.15, 0.2) is 0 Å². The number of hydrogen-bond acceptors (Lipinski definition) is 5. The molecule has 24 heavy (non-hydrogen) atoms. The first-order valence-electron chi connectivity index (χ1n) is 7.40. The summed E-state index contributed by atoms with van der Waals surface area (Å²) >= 11 is 0. The van der Waals surface area contributed by atoms with Gasteiger partial charge < -0.3 is 9.94 Å². The summed E-state index contributed by atoms with van der Waals surface area (Å²) in [6.07, 6.45) is 1.71. The van der Waals surface area contributed by atoms with E-state index >= 15 is 0 Å². The molecule has 0 unspecified atom stereocenters. The molecule has 1 heterocycles. The monoisotopic (exact) mass is 341 g/mol. The smallest absolute Gasteiger partial charge is 0.132 e. The van der Waals surface area contributed by atoms with Crippen LogP contribution in [0.3, 0.4) is 0 Å². The summed E-state index contributed by atoms with van der Waals surface area (Å²) < 4.78 is 11.7. The van der Waals surface area contributed by atoms with Gasteiger partial charge in [0.05, 0.1) is 5.71 Å². The van der Waals surface area contributed by atoms with E-state index in [9.17, 15) is 4.21 Å². The lowest BCUT2D eigenvalue weighted by Gasteiger charge is -2.13. The Morgan fingerprint density at radius 1 is 1.29 bits per heavy atom. The van der Waals surface area contributed by atoms with Crippen molar-refractivity contribution in [2.75, 3.05) is 12.8 Å². The molecule has 0 radical (unpaired) electrons. The average molecular weight is 341 g/mol. The molecule has 0 spiro atoms. The predicted octanol–water partition coefficient (Wildman–Crippen LogP) is 3.25. The molecule has 0 fully saturated rings. The van der Waals surface area contributed by atoms with Crippen LogP contribution in [0.1, 0.15) is 25.0 Å². The molecule has 0 saturated heterocycles. The normalized spacial score (nSPS) is 12.7. The molecule has 0 aliphatic rings. The fourth-order valence-electron chi connectivity index (χ4n) is 2.32. The summed E-state index contributed by atoms with van der Waals surface area (Å²) in [4.78, 5) is 13.4. The third-order valence-corrected chi connectivity index (χ3v) is 4.52. The molecule has 1 aromatic heterocycles. The summed E-state index contributed by atoms with van der Waals surface area (Å²) in [6, 6.07) is 7.57. The topological polar surface area (TPSA) is 80.7 Å². The number of aryl methyl sites for hydroxylation is 1. The van der Waals surface area contributed by atoms with Gasteiger partial charge >= 0.3 is 0 Å². The van der Waals surface area contributed by atoms with Gasteiger partial charge in [0.25, 0.3) is 0 Å². The third kappa shape index (κ3) is 3.89. The first-order chi connectivity index (χ1) is 11.3. The minimum atomic E-state index is -1.28. The largest absolute Gasteiger partial charge is 0.457 e. The molecule has 2 rings (SSSR count). The number of amidine groups is 1. The molecule has 0 amide bonds. The fourth-order valence-corrected chi connectivity index (χ4v) is 2.79. The van der Waals surface area contributed by atoms with Gasteiger partial charge in [0, 0.05) is 24.4 Å². The zero-order valence-corrected chi connectivity index (χ0v) is 15.1. The highest BCUT2D eigenvalue weighted by Gasteiger charge is 2.09. The van der Waals surface area contributed by atoms with Gasteiger partial charge in [-0.1, -0.05) is 18.2 Å². The van der Waals surface area contributed by atoms with Crippen molar-refractivity contribution in [2.45, 2.75) is 25.7 Å². The number of rotatable bonds is 3. The Labute approximate surface area is 144 Å². The van der Waals surface area contributed by atoms with Crippen LogP contribution in [0, 0.1) is 6.92 Å². The van der Waals surface area contributed by atoms with Crippen molar-refractivity contribution in [3.05, 3.63) is 41.6 Å². The van der Waals surface area contributed by atoms with E-state index in [4.69, 9.17) is 5.73 Å². The molecule has 2 N–H and O–H groups in total. The van der Waals surface area contributed by atoms with Crippen molar-refractivity contribution in [1.29, 1.82) is 0 Å². The maximum Gasteiger partial charge on any atom is 0.132 e. The second-order valence-corrected chi connectivity index (χ2v) is 6.61. The van der Waals surface area contributed by atoms with Crippen molar-refractivity contribution in [2.24, 2.45) is 9.98 Å². The molecule has 0 saturated carbocycles. The molecular weight excluding hydrogens is 320 g/mol. The van der Waals surface area contributed by atoms with Crippen LogP contribution in [0.15, 0.2) is 45.3 Å². The Kier molecular flexibility index (Phi) is 5.51. The molecule has 2 aromatic rings. The van der Waals surface area contributed by atoms with Crippen LogP contribution in [0.5, 0.6) is 0 Å². The number of nitrogens with two attached hydrogens (primary N) is 1. The van der Waals surface area contributed by atoms with Gasteiger partial charge in [-0.15, -0.1) is 4.90 Å². The quantitative estimate of drug-likeness (QED) is 0.403. The van der Waals surface area contributed by atoms with Gasteiger partial charge in [-0.3, -0.25) is 15.4 Å². The van der Waals surface area contributed by atoms with E-state index in [-0.39, 0.29) is 0 Å². The van der Waals surface area contributed by atoms with Crippen molar-refractivity contribution >= 4 is 33.6 Å². The van der Waals surface area contributed by atoms with E-state index in [1.807, 2.05) is 45.0 Å². The molecule has 1 aromatic carbocycles. The molecule has 0 atom stereocenters. The van der Waals surface area contributed by atoms with Crippen LogP contribution in [0.2, 0.25) is 0 Å². The third-order valence-electron chi connectivity index (χ3n) is 3.74. The lowest BCUT2D eigenvalue weighted by Crippen LogP contribution is -2.06. The minimum absolute atomic E-state index is 0.415. The molecular formula is C18H21N4OS-. The number of pyridine rings is 1. The van der Waals surface area contributed by atoms with Gasteiger partial charge in [-0.2, -0.15) is 5.87 Å². The Balaban J connectivity index is 2.61. The highest BCUT2D eigenvalue weighted by Crippen LogP contribution is 2.27. The second-order valence-electron chi connectivity index (χ2n) is 5.45. The van der Waals surface area contributed by atoms with E-state index in [0.717, 1.165) is 28.0 Å². The standard InChI is InChI=1S/C18H21N4OS/c1-11-6-7-15(24(5)23)9-16(11)14-8-17(18(19)21-10-14)12(2)22-13(3)20-4/h6-10H,5H2,1-4H3,(H2,19,21)/q-1. The summed E-state index contributed by atoms with van der Waals surface area (Å²) in [5.74, 6) is 4.66. The molecule has 6 heteroatoms. The summed E-state index contributed by atoms with van der Waals surface area (Å²) in [5, 5.41) is 0. The molecule has 0 bridgehead atoms. The molecule has 0 aliphatic carbocycles. The van der Waals surface area contributed by atoms with Gasteiger partial charge in [0.1, 0.15) is 11.7 Å². The second kappa shape index (κ2) is 7.40. The molecule has 0 aliphatic heterocycles. The van der Waals surface area contributed by atoms with Crippen LogP contribution >= 0.6 is 0 Å². The number of aromatic nitrogens is 1. The average Bonchev–Trinajstić information content (AvgIpc) is 2.55. The van der Waals surface area contributed by atoms with Gasteiger partial charge in [0.2, 0.25) is 0 Å². The van der Waals surface area contributed by atoms with E-state index in [0.29, 0.717) is 16.5 Å². The highest BCUT2D eigenvalue weighted by atomic mass is 32.2. The van der Waals surface area contributed by atoms with Crippen LogP contribution in [-0.2, 0) is 14.6 Å². The first-order valence-corrected chi connectivity index (χ1v) is 8.72. The zero-order chi connectivity index (χ0) is 17.9. The van der Waals surface area contributed by atoms with Crippen molar-refractivity contribution < 1.29 is 4.21 Å². The Hall–Kier alpha value is -2.47.